The number of aromatic amines is 1. The van der Waals surface area contributed by atoms with E-state index in [0.29, 0.717) is 37.5 Å². The molecule has 8 nitrogen and oxygen atoms in total. The topological polar surface area (TPSA) is 90.9 Å². The van der Waals surface area contributed by atoms with E-state index in [0.717, 1.165) is 55.4 Å². The number of hydrogen-bond acceptors (Lipinski definition) is 8. The quantitative estimate of drug-likeness (QED) is 0.442. The lowest BCUT2D eigenvalue weighted by Crippen LogP contribution is -2.43. The zero-order chi connectivity index (χ0) is 23.0. The van der Waals surface area contributed by atoms with E-state index in [9.17, 15) is 9.90 Å². The average molecular weight is 473 g/mol. The van der Waals surface area contributed by atoms with Crippen LogP contribution in [0, 0.1) is 0 Å². The Bertz CT molecular complexity index is 1070. The number of benzene rings is 1. The first-order chi connectivity index (χ1) is 16.1. The number of hydrogen-bond donors (Lipinski definition) is 2. The number of aromatic nitrogens is 2. The molecule has 0 bridgehead atoms. The summed E-state index contributed by atoms with van der Waals surface area (Å²) in [6.45, 7) is 8.62. The summed E-state index contributed by atoms with van der Waals surface area (Å²) in [6.07, 6.45) is -0.600. The minimum Gasteiger partial charge on any atom is -0.389 e. The van der Waals surface area contributed by atoms with Gasteiger partial charge in [0.15, 0.2) is 0 Å². The van der Waals surface area contributed by atoms with E-state index >= 15 is 0 Å². The average Bonchev–Trinajstić information content (AvgIpc) is 3.27. The molecule has 1 saturated heterocycles. The Kier molecular flexibility index (Phi) is 8.60. The molecule has 0 radical (unpaired) electrons. The van der Waals surface area contributed by atoms with Crippen molar-refractivity contribution in [2.24, 2.45) is 0 Å². The van der Waals surface area contributed by atoms with E-state index in [2.05, 4.69) is 14.8 Å². The van der Waals surface area contributed by atoms with Gasteiger partial charge in [-0.05, 0) is 12.5 Å². The summed E-state index contributed by atoms with van der Waals surface area (Å²) in [5.74, 6) is 0.611. The molecule has 3 heterocycles. The standard InChI is InChI=1S/C24H32N4O4S/c1-2-31-16-19(29)14-28(9-8-27-10-12-32-13-11-27)15-21-25-23(30)22-20(17-33-24(22)26-21)18-6-4-3-5-7-18/h3-7,17,19,29H,2,8-16H2,1H3,(H,25,26,30)/t19-/m0/s1. The van der Waals surface area contributed by atoms with Crippen molar-refractivity contribution in [2.75, 3.05) is 59.2 Å². The molecule has 0 aliphatic carbocycles. The first-order valence-corrected chi connectivity index (χ1v) is 12.4. The Hall–Kier alpha value is -2.14. The van der Waals surface area contributed by atoms with Crippen molar-refractivity contribution in [3.05, 3.63) is 51.9 Å². The van der Waals surface area contributed by atoms with E-state index in [1.807, 2.05) is 42.6 Å². The number of nitrogens with one attached hydrogen (secondary N) is 1. The van der Waals surface area contributed by atoms with E-state index in [4.69, 9.17) is 14.5 Å². The smallest absolute Gasteiger partial charge is 0.260 e. The normalized spacial score (nSPS) is 16.0. The van der Waals surface area contributed by atoms with Crippen LogP contribution in [0.3, 0.4) is 0 Å². The van der Waals surface area contributed by atoms with Crippen LogP contribution in [-0.2, 0) is 16.0 Å². The van der Waals surface area contributed by atoms with Gasteiger partial charge in [-0.3, -0.25) is 14.6 Å². The van der Waals surface area contributed by atoms with Gasteiger partial charge >= 0.3 is 0 Å². The Morgan fingerprint density at radius 3 is 2.85 bits per heavy atom. The van der Waals surface area contributed by atoms with E-state index in [-0.39, 0.29) is 5.56 Å². The number of aliphatic hydroxyl groups is 1. The third-order valence-electron chi connectivity index (χ3n) is 5.77. The molecule has 33 heavy (non-hydrogen) atoms. The summed E-state index contributed by atoms with van der Waals surface area (Å²) in [6, 6.07) is 9.90. The highest BCUT2D eigenvalue weighted by Gasteiger charge is 2.18. The molecular weight excluding hydrogens is 440 g/mol. The summed E-state index contributed by atoms with van der Waals surface area (Å²) < 4.78 is 10.8. The monoisotopic (exact) mass is 472 g/mol. The lowest BCUT2D eigenvalue weighted by atomic mass is 10.1. The van der Waals surface area contributed by atoms with Gasteiger partial charge in [-0.2, -0.15) is 0 Å². The number of aliphatic hydroxyl groups excluding tert-OH is 1. The molecule has 1 aromatic carbocycles. The fourth-order valence-electron chi connectivity index (χ4n) is 4.06. The molecule has 1 aliphatic heterocycles. The zero-order valence-corrected chi connectivity index (χ0v) is 19.9. The van der Waals surface area contributed by atoms with Gasteiger partial charge in [0, 0.05) is 50.3 Å². The highest BCUT2D eigenvalue weighted by Crippen LogP contribution is 2.30. The maximum Gasteiger partial charge on any atom is 0.260 e. The van der Waals surface area contributed by atoms with Gasteiger partial charge < -0.3 is 19.6 Å². The van der Waals surface area contributed by atoms with Crippen LogP contribution in [0.4, 0.5) is 0 Å². The molecule has 2 N–H and O–H groups in total. The Balaban J connectivity index is 1.51. The van der Waals surface area contributed by atoms with Crippen LogP contribution in [-0.4, -0.2) is 90.1 Å². The van der Waals surface area contributed by atoms with Crippen molar-refractivity contribution < 1.29 is 14.6 Å². The minimum atomic E-state index is -0.600. The number of ether oxygens (including phenoxy) is 2. The van der Waals surface area contributed by atoms with Crippen molar-refractivity contribution in [3.8, 4) is 11.1 Å². The molecule has 0 unspecified atom stereocenters. The second kappa shape index (κ2) is 11.8. The largest absolute Gasteiger partial charge is 0.389 e. The molecule has 0 saturated carbocycles. The van der Waals surface area contributed by atoms with Gasteiger partial charge in [0.25, 0.3) is 5.56 Å². The van der Waals surface area contributed by atoms with Crippen molar-refractivity contribution in [1.29, 1.82) is 0 Å². The second-order valence-corrected chi connectivity index (χ2v) is 9.07. The molecule has 1 fully saturated rings. The van der Waals surface area contributed by atoms with Crippen molar-refractivity contribution in [2.45, 2.75) is 19.6 Å². The second-order valence-electron chi connectivity index (χ2n) is 8.21. The van der Waals surface area contributed by atoms with Crippen LogP contribution in [0.1, 0.15) is 12.7 Å². The van der Waals surface area contributed by atoms with Gasteiger partial charge in [-0.15, -0.1) is 11.3 Å². The van der Waals surface area contributed by atoms with Crippen molar-refractivity contribution in [3.63, 3.8) is 0 Å². The molecule has 3 aromatic rings. The Morgan fingerprint density at radius 2 is 2.09 bits per heavy atom. The number of morpholine rings is 1. The van der Waals surface area contributed by atoms with Gasteiger partial charge in [0.05, 0.1) is 37.9 Å². The number of H-pyrrole nitrogens is 1. The molecule has 2 aromatic heterocycles. The third-order valence-corrected chi connectivity index (χ3v) is 6.64. The lowest BCUT2D eigenvalue weighted by Gasteiger charge is -2.30. The fourth-order valence-corrected chi connectivity index (χ4v) is 5.02. The van der Waals surface area contributed by atoms with Crippen molar-refractivity contribution in [1.82, 2.24) is 19.8 Å². The maximum absolute atomic E-state index is 13.0. The molecular formula is C24H32N4O4S. The number of thiophene rings is 1. The molecule has 178 valence electrons. The summed E-state index contributed by atoms with van der Waals surface area (Å²) in [7, 11) is 0. The van der Waals surface area contributed by atoms with Crippen LogP contribution < -0.4 is 5.56 Å². The maximum atomic E-state index is 13.0. The highest BCUT2D eigenvalue weighted by atomic mass is 32.1. The molecule has 4 rings (SSSR count). The Morgan fingerprint density at radius 1 is 1.30 bits per heavy atom. The summed E-state index contributed by atoms with van der Waals surface area (Å²) in [5.41, 5.74) is 1.79. The number of nitrogens with zero attached hydrogens (tertiary/aromatic N) is 3. The Labute approximate surface area is 197 Å². The number of fused-ring (bicyclic) bond motifs is 1. The van der Waals surface area contributed by atoms with Crippen LogP contribution in [0.15, 0.2) is 40.5 Å². The van der Waals surface area contributed by atoms with Crippen LogP contribution in [0.2, 0.25) is 0 Å². The molecule has 9 heteroatoms. The predicted octanol–water partition coefficient (Wildman–Crippen LogP) is 2.18. The lowest BCUT2D eigenvalue weighted by molar-refractivity contribution is 0.00942. The third kappa shape index (κ3) is 6.47. The number of rotatable bonds is 11. The van der Waals surface area contributed by atoms with Gasteiger partial charge in [-0.1, -0.05) is 30.3 Å². The van der Waals surface area contributed by atoms with Crippen LogP contribution in [0.25, 0.3) is 21.3 Å². The molecule has 0 spiro atoms. The molecule has 0 amide bonds. The van der Waals surface area contributed by atoms with E-state index in [1.54, 1.807) is 0 Å². The van der Waals surface area contributed by atoms with Crippen LogP contribution >= 0.6 is 11.3 Å². The van der Waals surface area contributed by atoms with Gasteiger partial charge in [0.2, 0.25) is 0 Å². The van der Waals surface area contributed by atoms with E-state index < -0.39 is 6.10 Å². The zero-order valence-electron chi connectivity index (χ0n) is 19.0. The SMILES string of the molecule is CCOC[C@@H](O)CN(CCN1CCOCC1)Cc1nc2scc(-c3ccccc3)c2c(=O)[nH]1. The minimum absolute atomic E-state index is 0.127. The van der Waals surface area contributed by atoms with Crippen LogP contribution in [0.5, 0.6) is 0 Å². The summed E-state index contributed by atoms with van der Waals surface area (Å²) in [4.78, 5) is 26.0. The molecule has 1 aliphatic rings. The van der Waals surface area contributed by atoms with Gasteiger partial charge in [0.1, 0.15) is 10.7 Å². The van der Waals surface area contributed by atoms with E-state index in [1.165, 1.54) is 11.3 Å². The predicted molar refractivity (Wildman–Crippen MR) is 131 cm³/mol. The molecule has 1 atom stereocenters. The first-order valence-electron chi connectivity index (χ1n) is 11.5. The summed E-state index contributed by atoms with van der Waals surface area (Å²) >= 11 is 1.48. The van der Waals surface area contributed by atoms with Gasteiger partial charge in [-0.25, -0.2) is 4.98 Å². The first kappa shape index (κ1) is 24.0. The summed E-state index contributed by atoms with van der Waals surface area (Å²) in [5, 5.41) is 13.1. The highest BCUT2D eigenvalue weighted by molar-refractivity contribution is 7.17. The fraction of sp³-hybridized carbons (Fsp3) is 0.500. The van der Waals surface area contributed by atoms with Crippen molar-refractivity contribution >= 4 is 21.6 Å².